The minimum absolute atomic E-state index is 0.605. The highest BCUT2D eigenvalue weighted by Crippen LogP contribution is 2.22. The first kappa shape index (κ1) is 6.66. The summed E-state index contributed by atoms with van der Waals surface area (Å²) in [4.78, 5) is 0. The number of rotatable bonds is 1. The van der Waals surface area contributed by atoms with E-state index in [2.05, 4.69) is 6.92 Å². The average Bonchev–Trinajstić information content (AvgIpc) is 1.88. The van der Waals surface area contributed by atoms with E-state index in [0.29, 0.717) is 11.7 Å². The van der Waals surface area contributed by atoms with E-state index in [1.165, 1.54) is 19.3 Å². The number of hydrogen-bond donors (Lipinski definition) is 1. The highest BCUT2D eigenvalue weighted by molar-refractivity contribution is 4.98. The third-order valence-corrected chi connectivity index (χ3v) is 1.96. The van der Waals surface area contributed by atoms with Crippen molar-refractivity contribution in [2.24, 2.45) is 5.92 Å². The van der Waals surface area contributed by atoms with Crippen LogP contribution in [0, 0.1) is 5.92 Å². The molecule has 1 heteroatoms. The Bertz CT molecular complexity index is 116. The Morgan fingerprint density at radius 1 is 1.78 bits per heavy atom. The first-order valence-electron chi connectivity index (χ1n) is 3.72. The van der Waals surface area contributed by atoms with Crippen LogP contribution in [0.25, 0.3) is 0 Å². The van der Waals surface area contributed by atoms with Gasteiger partial charge in [0.15, 0.2) is 0 Å². The predicted octanol–water partition coefficient (Wildman–Crippen LogP) is 2.64. The van der Waals surface area contributed by atoms with Crippen LogP contribution < -0.4 is 0 Å². The summed E-state index contributed by atoms with van der Waals surface area (Å²) in [6.45, 7) is 2.17. The van der Waals surface area contributed by atoms with Gasteiger partial charge >= 0.3 is 0 Å². The summed E-state index contributed by atoms with van der Waals surface area (Å²) in [5.41, 5.74) is 0. The van der Waals surface area contributed by atoms with Crippen LogP contribution >= 0.6 is 0 Å². The summed E-state index contributed by atoms with van der Waals surface area (Å²) in [7, 11) is 0. The molecule has 1 N–H and O–H groups in total. The zero-order valence-electron chi connectivity index (χ0n) is 5.93. The van der Waals surface area contributed by atoms with Crippen LogP contribution in [0.15, 0.2) is 11.8 Å². The smallest absolute Gasteiger partial charge is 0.0885 e. The molecule has 0 aliphatic heterocycles. The van der Waals surface area contributed by atoms with Crippen molar-refractivity contribution in [3.8, 4) is 0 Å². The lowest BCUT2D eigenvalue weighted by Crippen LogP contribution is -2.02. The number of aliphatic hydroxyl groups is 1. The second-order valence-corrected chi connectivity index (χ2v) is 2.72. The van der Waals surface area contributed by atoms with Gasteiger partial charge in [0.25, 0.3) is 0 Å². The van der Waals surface area contributed by atoms with Gasteiger partial charge in [0, 0.05) is 6.42 Å². The van der Waals surface area contributed by atoms with E-state index in [4.69, 9.17) is 5.11 Å². The quantitative estimate of drug-likeness (QED) is 0.572. The van der Waals surface area contributed by atoms with Crippen molar-refractivity contribution in [3.05, 3.63) is 11.8 Å². The van der Waals surface area contributed by atoms with Gasteiger partial charge in [-0.3, -0.25) is 0 Å². The van der Waals surface area contributed by atoms with Gasteiger partial charge in [-0.25, -0.2) is 0 Å². The van der Waals surface area contributed by atoms with Gasteiger partial charge in [-0.2, -0.15) is 0 Å². The van der Waals surface area contributed by atoms with Gasteiger partial charge in [0.1, 0.15) is 0 Å². The van der Waals surface area contributed by atoms with Crippen LogP contribution in [-0.4, -0.2) is 5.11 Å². The molecule has 0 bridgehead atoms. The Kier molecular flexibility index (Phi) is 2.15. The molecule has 1 unspecified atom stereocenters. The Balaban J connectivity index is 2.47. The van der Waals surface area contributed by atoms with Crippen LogP contribution in [0.5, 0.6) is 0 Å². The molecule has 1 atom stereocenters. The Morgan fingerprint density at radius 2 is 2.56 bits per heavy atom. The van der Waals surface area contributed by atoms with Crippen molar-refractivity contribution < 1.29 is 5.11 Å². The Morgan fingerprint density at radius 3 is 3.00 bits per heavy atom. The molecule has 1 aliphatic rings. The molecule has 0 amide bonds. The molecule has 0 heterocycles. The lowest BCUT2D eigenvalue weighted by molar-refractivity contribution is 0.345. The van der Waals surface area contributed by atoms with E-state index < -0.39 is 0 Å². The molecule has 1 aliphatic carbocycles. The van der Waals surface area contributed by atoms with E-state index in [1.54, 1.807) is 0 Å². The van der Waals surface area contributed by atoms with Gasteiger partial charge in [-0.1, -0.05) is 6.92 Å². The fourth-order valence-corrected chi connectivity index (χ4v) is 1.31. The van der Waals surface area contributed by atoms with Crippen molar-refractivity contribution in [1.29, 1.82) is 0 Å². The number of allylic oxidation sites excluding steroid dienone is 2. The van der Waals surface area contributed by atoms with Gasteiger partial charge in [-0.05, 0) is 31.3 Å². The summed E-state index contributed by atoms with van der Waals surface area (Å²) in [5, 5.41) is 9.07. The molecule has 1 rings (SSSR count). The Labute approximate surface area is 56.4 Å². The second kappa shape index (κ2) is 2.90. The molecular weight excluding hydrogens is 112 g/mol. The SMILES string of the molecule is CCC1C=C(O)CCC1. The molecule has 0 fully saturated rings. The molecule has 0 aromatic carbocycles. The molecule has 0 spiro atoms. The summed E-state index contributed by atoms with van der Waals surface area (Å²) < 4.78 is 0. The summed E-state index contributed by atoms with van der Waals surface area (Å²) >= 11 is 0. The van der Waals surface area contributed by atoms with Crippen LogP contribution in [0.1, 0.15) is 32.6 Å². The zero-order valence-corrected chi connectivity index (χ0v) is 5.93. The largest absolute Gasteiger partial charge is 0.513 e. The van der Waals surface area contributed by atoms with Crippen molar-refractivity contribution in [1.82, 2.24) is 0 Å². The fourth-order valence-electron chi connectivity index (χ4n) is 1.31. The van der Waals surface area contributed by atoms with Gasteiger partial charge in [-0.15, -0.1) is 0 Å². The molecule has 0 radical (unpaired) electrons. The number of aliphatic hydroxyl groups excluding tert-OH is 1. The zero-order chi connectivity index (χ0) is 6.69. The average molecular weight is 126 g/mol. The maximum Gasteiger partial charge on any atom is 0.0885 e. The van der Waals surface area contributed by atoms with E-state index >= 15 is 0 Å². The lowest BCUT2D eigenvalue weighted by Gasteiger charge is -2.15. The monoisotopic (exact) mass is 126 g/mol. The number of hydrogen-bond acceptors (Lipinski definition) is 1. The molecule has 0 saturated carbocycles. The predicted molar refractivity (Wildman–Crippen MR) is 38.3 cm³/mol. The normalized spacial score (nSPS) is 27.7. The molecule has 9 heavy (non-hydrogen) atoms. The van der Waals surface area contributed by atoms with Crippen LogP contribution in [-0.2, 0) is 0 Å². The molecule has 0 aromatic rings. The molecule has 52 valence electrons. The molecular formula is C8H14O. The highest BCUT2D eigenvalue weighted by atomic mass is 16.3. The van der Waals surface area contributed by atoms with E-state index in [-0.39, 0.29) is 0 Å². The minimum atomic E-state index is 0.605. The molecule has 0 saturated heterocycles. The van der Waals surface area contributed by atoms with E-state index in [1.807, 2.05) is 6.08 Å². The van der Waals surface area contributed by atoms with Crippen molar-refractivity contribution in [3.63, 3.8) is 0 Å². The third-order valence-electron chi connectivity index (χ3n) is 1.96. The third kappa shape index (κ3) is 1.74. The van der Waals surface area contributed by atoms with Crippen molar-refractivity contribution >= 4 is 0 Å². The van der Waals surface area contributed by atoms with Gasteiger partial charge in [0.2, 0.25) is 0 Å². The van der Waals surface area contributed by atoms with Crippen LogP contribution in [0.3, 0.4) is 0 Å². The first-order valence-corrected chi connectivity index (χ1v) is 3.72. The van der Waals surface area contributed by atoms with Crippen LogP contribution in [0.2, 0.25) is 0 Å². The maximum absolute atomic E-state index is 9.07. The highest BCUT2D eigenvalue weighted by Gasteiger charge is 2.09. The topological polar surface area (TPSA) is 20.2 Å². The lowest BCUT2D eigenvalue weighted by atomic mass is 9.93. The van der Waals surface area contributed by atoms with E-state index in [0.717, 1.165) is 6.42 Å². The van der Waals surface area contributed by atoms with Gasteiger partial charge in [0.05, 0.1) is 5.76 Å². The first-order chi connectivity index (χ1) is 4.33. The van der Waals surface area contributed by atoms with E-state index in [9.17, 15) is 0 Å². The summed E-state index contributed by atoms with van der Waals surface area (Å²) in [6.07, 6.45) is 6.51. The van der Waals surface area contributed by atoms with Gasteiger partial charge < -0.3 is 5.11 Å². The summed E-state index contributed by atoms with van der Waals surface area (Å²) in [6, 6.07) is 0. The van der Waals surface area contributed by atoms with Crippen LogP contribution in [0.4, 0.5) is 0 Å². The summed E-state index contributed by atoms with van der Waals surface area (Å²) in [5.74, 6) is 1.26. The second-order valence-electron chi connectivity index (χ2n) is 2.72. The fraction of sp³-hybridized carbons (Fsp3) is 0.750. The maximum atomic E-state index is 9.07. The van der Waals surface area contributed by atoms with Crippen molar-refractivity contribution in [2.75, 3.05) is 0 Å². The van der Waals surface area contributed by atoms with Crippen molar-refractivity contribution in [2.45, 2.75) is 32.6 Å². The minimum Gasteiger partial charge on any atom is -0.513 e. The standard InChI is InChI=1S/C8H14O/c1-2-7-4-3-5-8(9)6-7/h6-7,9H,2-5H2,1H3. The Hall–Kier alpha value is -0.460. The molecule has 0 aromatic heterocycles. The molecule has 1 nitrogen and oxygen atoms in total.